The Kier molecular flexibility index (Phi) is 6.51. The zero-order valence-electron chi connectivity index (χ0n) is 13.6. The first-order valence-electron chi connectivity index (χ1n) is 7.58. The number of hydrogen-bond acceptors (Lipinski definition) is 2. The first-order valence-corrected chi connectivity index (χ1v) is 8.37. The molecule has 1 N–H and O–H groups in total. The zero-order valence-corrected chi connectivity index (χ0v) is 15.2. The van der Waals surface area contributed by atoms with Gasteiger partial charge in [0, 0.05) is 44.1 Å². The first kappa shape index (κ1) is 17.1. The minimum atomic E-state index is 0.756. The number of aryl methyl sites for hydroxylation is 1. The van der Waals surface area contributed by atoms with Crippen molar-refractivity contribution in [3.63, 3.8) is 0 Å². The molecule has 0 saturated heterocycles. The van der Waals surface area contributed by atoms with E-state index in [0.717, 1.165) is 49.6 Å². The molecular formula is C16H25BrN4O. The Morgan fingerprint density at radius 3 is 2.95 bits per heavy atom. The smallest absolute Gasteiger partial charge is 0.193 e. The number of aromatic nitrogens is 1. The highest BCUT2D eigenvalue weighted by molar-refractivity contribution is 9.10. The molecule has 122 valence electrons. The second-order valence-electron chi connectivity index (χ2n) is 5.53. The quantitative estimate of drug-likeness (QED) is 0.493. The summed E-state index contributed by atoms with van der Waals surface area (Å²) in [6, 6.07) is 2.14. The fourth-order valence-corrected chi connectivity index (χ4v) is 3.12. The molecule has 2 heterocycles. The van der Waals surface area contributed by atoms with Crippen LogP contribution in [0.3, 0.4) is 0 Å². The minimum Gasteiger partial charge on any atom is -0.377 e. The molecule has 6 heteroatoms. The van der Waals surface area contributed by atoms with Crippen molar-refractivity contribution >= 4 is 21.9 Å². The fourth-order valence-electron chi connectivity index (χ4n) is 2.55. The van der Waals surface area contributed by atoms with Gasteiger partial charge in [0.25, 0.3) is 0 Å². The van der Waals surface area contributed by atoms with Crippen molar-refractivity contribution < 1.29 is 4.74 Å². The summed E-state index contributed by atoms with van der Waals surface area (Å²) >= 11 is 3.51. The molecular weight excluding hydrogens is 344 g/mol. The van der Waals surface area contributed by atoms with Crippen molar-refractivity contribution in [1.29, 1.82) is 0 Å². The molecule has 1 aliphatic rings. The van der Waals surface area contributed by atoms with Crippen molar-refractivity contribution in [2.24, 2.45) is 12.0 Å². The molecule has 0 saturated carbocycles. The predicted octanol–water partition coefficient (Wildman–Crippen LogP) is 2.53. The van der Waals surface area contributed by atoms with Crippen LogP contribution >= 0.6 is 15.9 Å². The monoisotopic (exact) mass is 368 g/mol. The van der Waals surface area contributed by atoms with Crippen LogP contribution in [-0.4, -0.2) is 49.3 Å². The van der Waals surface area contributed by atoms with Gasteiger partial charge < -0.3 is 19.5 Å². The van der Waals surface area contributed by atoms with Crippen molar-refractivity contribution in [2.45, 2.75) is 19.4 Å². The zero-order chi connectivity index (χ0) is 15.9. The molecule has 2 rings (SSSR count). The molecule has 0 aromatic carbocycles. The summed E-state index contributed by atoms with van der Waals surface area (Å²) in [6.45, 7) is 3.33. The maximum Gasteiger partial charge on any atom is 0.193 e. The van der Waals surface area contributed by atoms with Gasteiger partial charge >= 0.3 is 0 Å². The number of guanidine groups is 1. The van der Waals surface area contributed by atoms with Crippen LogP contribution in [0.1, 0.15) is 18.5 Å². The summed E-state index contributed by atoms with van der Waals surface area (Å²) in [6.07, 6.45) is 6.36. The molecule has 5 nitrogen and oxygen atoms in total. The van der Waals surface area contributed by atoms with Gasteiger partial charge in [-0.25, -0.2) is 0 Å². The average Bonchev–Trinajstić information content (AvgIpc) is 2.82. The number of hydrogen-bond donors (Lipinski definition) is 1. The van der Waals surface area contributed by atoms with Gasteiger partial charge in [-0.1, -0.05) is 11.6 Å². The lowest BCUT2D eigenvalue weighted by Gasteiger charge is -2.23. The maximum absolute atomic E-state index is 5.33. The van der Waals surface area contributed by atoms with E-state index in [1.165, 1.54) is 11.3 Å². The Labute approximate surface area is 141 Å². The van der Waals surface area contributed by atoms with E-state index in [1.807, 2.05) is 7.05 Å². The molecule has 22 heavy (non-hydrogen) atoms. The van der Waals surface area contributed by atoms with Crippen molar-refractivity contribution in [3.05, 3.63) is 34.1 Å². The summed E-state index contributed by atoms with van der Waals surface area (Å²) in [4.78, 5) is 6.51. The molecule has 0 aliphatic carbocycles. The molecule has 0 spiro atoms. The molecule has 1 aromatic rings. The summed E-state index contributed by atoms with van der Waals surface area (Å²) in [5, 5.41) is 3.44. The van der Waals surface area contributed by atoms with Crippen LogP contribution in [0.25, 0.3) is 0 Å². The van der Waals surface area contributed by atoms with E-state index >= 15 is 0 Å². The second-order valence-corrected chi connectivity index (χ2v) is 6.44. The third kappa shape index (κ3) is 4.88. The second kappa shape index (κ2) is 8.39. The van der Waals surface area contributed by atoms with Crippen molar-refractivity contribution in [2.75, 3.05) is 33.9 Å². The van der Waals surface area contributed by atoms with Crippen LogP contribution in [0.15, 0.2) is 33.4 Å². The Balaban J connectivity index is 1.82. The molecule has 0 atom stereocenters. The summed E-state index contributed by atoms with van der Waals surface area (Å²) < 4.78 is 8.56. The third-order valence-corrected chi connectivity index (χ3v) is 4.27. The standard InChI is InChI=1S/C16H25BrN4O/c1-18-16(19-7-4-13-5-8-22-9-6-13)21(3)12-15-10-14(17)11-20(15)2/h5,10-11H,4,6-9,12H2,1-3H3,(H,18,19). The van der Waals surface area contributed by atoms with E-state index in [2.05, 4.69) is 68.1 Å². The van der Waals surface area contributed by atoms with Crippen LogP contribution in [0.2, 0.25) is 0 Å². The topological polar surface area (TPSA) is 41.8 Å². The van der Waals surface area contributed by atoms with E-state index in [9.17, 15) is 0 Å². The van der Waals surface area contributed by atoms with Gasteiger partial charge in [-0.15, -0.1) is 0 Å². The van der Waals surface area contributed by atoms with E-state index in [-0.39, 0.29) is 0 Å². The highest BCUT2D eigenvalue weighted by Crippen LogP contribution is 2.15. The summed E-state index contributed by atoms with van der Waals surface area (Å²) in [5.74, 6) is 0.921. The normalized spacial score (nSPS) is 15.6. The van der Waals surface area contributed by atoms with Crippen molar-refractivity contribution in [3.8, 4) is 0 Å². The molecule has 0 amide bonds. The van der Waals surface area contributed by atoms with Gasteiger partial charge in [0.15, 0.2) is 5.96 Å². The highest BCUT2D eigenvalue weighted by atomic mass is 79.9. The molecule has 1 aromatic heterocycles. The maximum atomic E-state index is 5.33. The number of aliphatic imine (C=N–C) groups is 1. The average molecular weight is 369 g/mol. The van der Waals surface area contributed by atoms with E-state index in [4.69, 9.17) is 4.74 Å². The minimum absolute atomic E-state index is 0.756. The Bertz CT molecular complexity index is 550. The molecule has 0 fully saturated rings. The van der Waals surface area contributed by atoms with Crippen LogP contribution < -0.4 is 5.32 Å². The van der Waals surface area contributed by atoms with Gasteiger partial charge in [-0.3, -0.25) is 4.99 Å². The lowest BCUT2D eigenvalue weighted by Crippen LogP contribution is -2.39. The van der Waals surface area contributed by atoms with Gasteiger partial charge in [0.2, 0.25) is 0 Å². The Hall–Kier alpha value is -1.27. The predicted molar refractivity (Wildman–Crippen MR) is 94.1 cm³/mol. The Morgan fingerprint density at radius 1 is 1.55 bits per heavy atom. The SMILES string of the molecule is CN=C(NCCC1=CCOCC1)N(C)Cc1cc(Br)cn1C. The number of rotatable bonds is 5. The Morgan fingerprint density at radius 2 is 2.36 bits per heavy atom. The lowest BCUT2D eigenvalue weighted by atomic mass is 10.1. The molecule has 0 bridgehead atoms. The van der Waals surface area contributed by atoms with Gasteiger partial charge in [-0.2, -0.15) is 0 Å². The summed E-state index contributed by atoms with van der Waals surface area (Å²) in [5.41, 5.74) is 2.72. The van der Waals surface area contributed by atoms with Gasteiger partial charge in [-0.05, 0) is 34.8 Å². The largest absolute Gasteiger partial charge is 0.377 e. The van der Waals surface area contributed by atoms with Crippen LogP contribution in [0.5, 0.6) is 0 Å². The number of halogens is 1. The fraction of sp³-hybridized carbons (Fsp3) is 0.562. The number of ether oxygens (including phenoxy) is 1. The van der Waals surface area contributed by atoms with E-state index < -0.39 is 0 Å². The highest BCUT2D eigenvalue weighted by Gasteiger charge is 2.10. The van der Waals surface area contributed by atoms with Crippen LogP contribution in [0.4, 0.5) is 0 Å². The van der Waals surface area contributed by atoms with Crippen molar-refractivity contribution in [1.82, 2.24) is 14.8 Å². The lowest BCUT2D eigenvalue weighted by molar-refractivity contribution is 0.153. The van der Waals surface area contributed by atoms with Crippen LogP contribution in [0, 0.1) is 0 Å². The molecule has 0 radical (unpaired) electrons. The molecule has 0 unspecified atom stereocenters. The van der Waals surface area contributed by atoms with E-state index in [0.29, 0.717) is 0 Å². The van der Waals surface area contributed by atoms with Gasteiger partial charge in [0.1, 0.15) is 0 Å². The van der Waals surface area contributed by atoms with Crippen LogP contribution in [-0.2, 0) is 18.3 Å². The number of nitrogens with zero attached hydrogens (tertiary/aromatic N) is 3. The first-order chi connectivity index (χ1) is 10.6. The van der Waals surface area contributed by atoms with E-state index in [1.54, 1.807) is 0 Å². The van der Waals surface area contributed by atoms with Gasteiger partial charge in [0.05, 0.1) is 19.8 Å². The number of nitrogens with one attached hydrogen (secondary N) is 1. The molecule has 1 aliphatic heterocycles. The summed E-state index contributed by atoms with van der Waals surface area (Å²) in [7, 11) is 5.94. The third-order valence-electron chi connectivity index (χ3n) is 3.83.